The summed E-state index contributed by atoms with van der Waals surface area (Å²) in [6.07, 6.45) is 0.608. The lowest BCUT2D eigenvalue weighted by Crippen LogP contribution is -2.52. The number of anilines is 1. The summed E-state index contributed by atoms with van der Waals surface area (Å²) >= 11 is 0. The monoisotopic (exact) mass is 311 g/mol. The van der Waals surface area contributed by atoms with Crippen LogP contribution in [0.4, 0.5) is 10.5 Å². The van der Waals surface area contributed by atoms with E-state index in [-0.39, 0.29) is 11.8 Å². The summed E-state index contributed by atoms with van der Waals surface area (Å²) in [4.78, 5) is 13.7. The molecule has 2 amide bonds. The highest BCUT2D eigenvalue weighted by Gasteiger charge is 2.28. The zero-order chi connectivity index (χ0) is 15.3. The highest BCUT2D eigenvalue weighted by atomic mass is 32.2. The first-order chi connectivity index (χ1) is 10.0. The molecule has 2 rings (SSSR count). The van der Waals surface area contributed by atoms with Crippen LogP contribution in [0.5, 0.6) is 0 Å². The zero-order valence-corrected chi connectivity index (χ0v) is 13.0. The molecule has 1 aromatic carbocycles. The molecule has 1 aromatic rings. The van der Waals surface area contributed by atoms with Crippen molar-refractivity contribution in [3.8, 4) is 0 Å². The van der Waals surface area contributed by atoms with Gasteiger partial charge in [0.1, 0.15) is 0 Å². The second kappa shape index (κ2) is 6.91. The quantitative estimate of drug-likeness (QED) is 0.918. The summed E-state index contributed by atoms with van der Waals surface area (Å²) < 4.78 is 25.4. The van der Waals surface area contributed by atoms with E-state index in [0.717, 1.165) is 5.69 Å². The lowest BCUT2D eigenvalue weighted by atomic mass is 10.3. The van der Waals surface area contributed by atoms with E-state index in [1.807, 2.05) is 37.3 Å². The number of hydrogen-bond acceptors (Lipinski definition) is 3. The number of benzene rings is 1. The minimum Gasteiger partial charge on any atom is -0.322 e. The Morgan fingerprint density at radius 2 is 1.76 bits per heavy atom. The summed E-state index contributed by atoms with van der Waals surface area (Å²) in [5.41, 5.74) is 0.739. The highest BCUT2D eigenvalue weighted by molar-refractivity contribution is 7.89. The Balaban J connectivity index is 1.88. The lowest BCUT2D eigenvalue weighted by Gasteiger charge is -2.33. The molecule has 1 saturated heterocycles. The van der Waals surface area contributed by atoms with Crippen LogP contribution in [-0.4, -0.2) is 55.6 Å². The zero-order valence-electron chi connectivity index (χ0n) is 12.2. The van der Waals surface area contributed by atoms with E-state index < -0.39 is 10.0 Å². The Hall–Kier alpha value is -1.60. The molecule has 0 spiro atoms. The number of amides is 2. The van der Waals surface area contributed by atoms with Gasteiger partial charge in [0.05, 0.1) is 5.75 Å². The molecule has 21 heavy (non-hydrogen) atoms. The van der Waals surface area contributed by atoms with E-state index in [2.05, 4.69) is 5.32 Å². The third-order valence-electron chi connectivity index (χ3n) is 3.41. The molecule has 0 atom stereocenters. The predicted molar refractivity (Wildman–Crippen MR) is 82.7 cm³/mol. The maximum atomic E-state index is 12.1. The van der Waals surface area contributed by atoms with Crippen LogP contribution in [0.15, 0.2) is 30.3 Å². The molecule has 0 radical (unpaired) electrons. The molecule has 1 heterocycles. The molecule has 1 fully saturated rings. The van der Waals surface area contributed by atoms with Crippen LogP contribution >= 0.6 is 0 Å². The van der Waals surface area contributed by atoms with E-state index in [9.17, 15) is 13.2 Å². The molecule has 1 aliphatic heterocycles. The number of rotatable bonds is 4. The fourth-order valence-electron chi connectivity index (χ4n) is 2.28. The van der Waals surface area contributed by atoms with Gasteiger partial charge in [-0.05, 0) is 18.6 Å². The van der Waals surface area contributed by atoms with Gasteiger partial charge in [0.25, 0.3) is 0 Å². The minimum absolute atomic E-state index is 0.170. The van der Waals surface area contributed by atoms with Gasteiger partial charge in [0.15, 0.2) is 0 Å². The number of hydrogen-bond donors (Lipinski definition) is 1. The number of para-hydroxylation sites is 1. The van der Waals surface area contributed by atoms with Gasteiger partial charge < -0.3 is 10.2 Å². The van der Waals surface area contributed by atoms with Crippen molar-refractivity contribution in [3.05, 3.63) is 30.3 Å². The Labute approximate surface area is 125 Å². The van der Waals surface area contributed by atoms with E-state index in [4.69, 9.17) is 0 Å². The average molecular weight is 311 g/mol. The van der Waals surface area contributed by atoms with Crippen LogP contribution in [0.1, 0.15) is 13.3 Å². The lowest BCUT2D eigenvalue weighted by molar-refractivity contribution is 0.184. The van der Waals surface area contributed by atoms with Crippen LogP contribution in [-0.2, 0) is 10.0 Å². The van der Waals surface area contributed by atoms with Gasteiger partial charge in [-0.25, -0.2) is 13.2 Å². The predicted octanol–water partition coefficient (Wildman–Crippen LogP) is 1.58. The second-order valence-electron chi connectivity index (χ2n) is 5.00. The fourth-order valence-corrected chi connectivity index (χ4v) is 3.77. The molecule has 116 valence electrons. The van der Waals surface area contributed by atoms with Gasteiger partial charge >= 0.3 is 6.03 Å². The molecule has 7 heteroatoms. The van der Waals surface area contributed by atoms with Crippen LogP contribution < -0.4 is 5.32 Å². The first kappa shape index (κ1) is 15.8. The van der Waals surface area contributed by atoms with Gasteiger partial charge in [0, 0.05) is 31.9 Å². The molecular weight excluding hydrogens is 290 g/mol. The number of piperazine rings is 1. The molecular formula is C14H21N3O3S. The van der Waals surface area contributed by atoms with E-state index in [1.54, 1.807) is 4.90 Å². The van der Waals surface area contributed by atoms with Crippen molar-refractivity contribution >= 4 is 21.7 Å². The van der Waals surface area contributed by atoms with Crippen molar-refractivity contribution < 1.29 is 13.2 Å². The first-order valence-corrected chi connectivity index (χ1v) is 8.72. The maximum absolute atomic E-state index is 12.1. The Morgan fingerprint density at radius 1 is 1.14 bits per heavy atom. The largest absolute Gasteiger partial charge is 0.322 e. The minimum atomic E-state index is -3.17. The smallest absolute Gasteiger partial charge is 0.321 e. The highest BCUT2D eigenvalue weighted by Crippen LogP contribution is 2.11. The Kier molecular flexibility index (Phi) is 5.19. The third-order valence-corrected chi connectivity index (χ3v) is 5.48. The third kappa shape index (κ3) is 4.18. The summed E-state index contributed by atoms with van der Waals surface area (Å²) in [5, 5.41) is 2.81. The maximum Gasteiger partial charge on any atom is 0.321 e. The molecule has 0 aliphatic carbocycles. The van der Waals surface area contributed by atoms with Crippen LogP contribution in [0.25, 0.3) is 0 Å². The van der Waals surface area contributed by atoms with Gasteiger partial charge in [-0.15, -0.1) is 0 Å². The average Bonchev–Trinajstić information content (AvgIpc) is 2.48. The summed E-state index contributed by atoms with van der Waals surface area (Å²) in [5.74, 6) is 0.170. The van der Waals surface area contributed by atoms with Gasteiger partial charge in [-0.2, -0.15) is 4.31 Å². The molecule has 1 aliphatic rings. The molecule has 0 unspecified atom stereocenters. The second-order valence-corrected chi connectivity index (χ2v) is 7.09. The summed E-state index contributed by atoms with van der Waals surface area (Å²) in [7, 11) is -3.17. The molecule has 0 bridgehead atoms. The van der Waals surface area contributed by atoms with Crippen LogP contribution in [0, 0.1) is 0 Å². The summed E-state index contributed by atoms with van der Waals surface area (Å²) in [6.45, 7) is 3.42. The number of urea groups is 1. The number of sulfonamides is 1. The molecule has 0 aromatic heterocycles. The van der Waals surface area contributed by atoms with E-state index in [0.29, 0.717) is 32.6 Å². The normalized spacial score (nSPS) is 16.7. The van der Waals surface area contributed by atoms with Gasteiger partial charge in [-0.3, -0.25) is 0 Å². The van der Waals surface area contributed by atoms with Crippen molar-refractivity contribution in [2.45, 2.75) is 13.3 Å². The van der Waals surface area contributed by atoms with Gasteiger partial charge in [0.2, 0.25) is 10.0 Å². The van der Waals surface area contributed by atoms with Crippen LogP contribution in [0.3, 0.4) is 0 Å². The molecule has 1 N–H and O–H groups in total. The topological polar surface area (TPSA) is 69.7 Å². The SMILES string of the molecule is CCCS(=O)(=O)N1CCN(C(=O)Nc2ccccc2)CC1. The van der Waals surface area contributed by atoms with Crippen molar-refractivity contribution in [3.63, 3.8) is 0 Å². The standard InChI is InChI=1S/C14H21N3O3S/c1-2-12-21(19,20)17-10-8-16(9-11-17)14(18)15-13-6-4-3-5-7-13/h3-7H,2,8-12H2,1H3,(H,15,18). The van der Waals surface area contributed by atoms with Crippen LogP contribution in [0.2, 0.25) is 0 Å². The number of nitrogens with one attached hydrogen (secondary N) is 1. The van der Waals surface area contributed by atoms with Gasteiger partial charge in [-0.1, -0.05) is 25.1 Å². The number of nitrogens with zero attached hydrogens (tertiary/aromatic N) is 2. The molecule has 0 saturated carbocycles. The Bertz CT molecular complexity index is 566. The van der Waals surface area contributed by atoms with Crippen molar-refractivity contribution in [1.29, 1.82) is 0 Å². The van der Waals surface area contributed by atoms with Crippen molar-refractivity contribution in [1.82, 2.24) is 9.21 Å². The first-order valence-electron chi connectivity index (χ1n) is 7.12. The van der Waals surface area contributed by atoms with E-state index >= 15 is 0 Å². The number of carbonyl (C=O) groups excluding carboxylic acids is 1. The van der Waals surface area contributed by atoms with Crippen molar-refractivity contribution in [2.24, 2.45) is 0 Å². The number of carbonyl (C=O) groups is 1. The Morgan fingerprint density at radius 3 is 2.33 bits per heavy atom. The molecule has 6 nitrogen and oxygen atoms in total. The van der Waals surface area contributed by atoms with Crippen molar-refractivity contribution in [2.75, 3.05) is 37.2 Å². The van der Waals surface area contributed by atoms with E-state index in [1.165, 1.54) is 4.31 Å². The fraction of sp³-hybridized carbons (Fsp3) is 0.500. The summed E-state index contributed by atoms with van der Waals surface area (Å²) in [6, 6.07) is 9.04.